The van der Waals surface area contributed by atoms with Crippen LogP contribution in [0.5, 0.6) is 0 Å². The number of hydrogen-bond acceptors (Lipinski definition) is 1. The molecule has 0 fully saturated rings. The number of carboxylic acids is 1. The van der Waals surface area contributed by atoms with Crippen molar-refractivity contribution in [2.75, 3.05) is 0 Å². The molecule has 23 heteroatoms. The normalized spacial score (nSPS) is 16.6. The van der Waals surface area contributed by atoms with E-state index in [-0.39, 0.29) is 0 Å². The standard InChI is InChI=1S/C11HF21O2/c12-2(13,1(33)34)3(14,15)4(16,17)5(18,19)6(20,21)7(22,23)8(24,25)9(26,27)10(28,29)11(30,31)32/h(H,33,34)/i1+1,2+1,3+1,4+1,5+1,6+1,7+1. The van der Waals surface area contributed by atoms with Crippen molar-refractivity contribution < 1.29 is 102 Å². The molecule has 0 saturated carbocycles. The van der Waals surface area contributed by atoms with Gasteiger partial charge in [0.05, 0.1) is 0 Å². The molecule has 204 valence electrons. The SMILES string of the molecule is O=[13C](O)[13C](F)(F)[13C](F)(F)[13C](F)(F)[13C](F)(F)[13C](F)(F)[13C](F)(F)C(F)(F)C(F)(F)C(F)(F)C(F)(F)F. The molecule has 0 atom stereocenters. The van der Waals surface area contributed by atoms with Gasteiger partial charge >= 0.3 is 65.4 Å². The maximum atomic E-state index is 13.3. The minimum absolute atomic E-state index is 4.55. The van der Waals surface area contributed by atoms with E-state index in [9.17, 15) is 97.0 Å². The molecule has 0 aliphatic heterocycles. The molecule has 0 aromatic carbocycles. The molecule has 0 saturated heterocycles. The van der Waals surface area contributed by atoms with Crippen LogP contribution in [0, 0.1) is 0 Å². The van der Waals surface area contributed by atoms with Gasteiger partial charge in [-0.25, -0.2) is 4.79 Å². The summed E-state index contributed by atoms with van der Waals surface area (Å²) in [5, 5.41) is 7.62. The number of carboxylic acid groups (broad SMARTS) is 1. The fourth-order valence-electron chi connectivity index (χ4n) is 1.69. The van der Waals surface area contributed by atoms with Crippen LogP contribution in [0.3, 0.4) is 0 Å². The summed E-state index contributed by atoms with van der Waals surface area (Å²) >= 11 is 0. The average molecular weight is 571 g/mol. The zero-order chi connectivity index (χ0) is 28.6. The first-order chi connectivity index (χ1) is 14.2. The lowest BCUT2D eigenvalue weighted by molar-refractivity contribution is -0.473. The van der Waals surface area contributed by atoms with Gasteiger partial charge in [-0.1, -0.05) is 0 Å². The third-order valence-electron chi connectivity index (χ3n) is 3.78. The largest absolute Gasteiger partial charge is 0.477 e. The molecule has 2 nitrogen and oxygen atoms in total. The van der Waals surface area contributed by atoms with Gasteiger partial charge in [-0.05, 0) is 0 Å². The zero-order valence-electron chi connectivity index (χ0n) is 14.3. The monoisotopic (exact) mass is 571 g/mol. The van der Waals surface area contributed by atoms with Crippen LogP contribution < -0.4 is 0 Å². The summed E-state index contributed by atoms with van der Waals surface area (Å²) in [7, 11) is 0. The molecule has 0 aromatic heterocycles. The first-order valence-electron chi connectivity index (χ1n) is 6.90. The molecule has 0 radical (unpaired) electrons. The number of hydrogen-bond donors (Lipinski definition) is 1. The minimum Gasteiger partial charge on any atom is -0.477 e. The van der Waals surface area contributed by atoms with Gasteiger partial charge in [0.2, 0.25) is 0 Å². The van der Waals surface area contributed by atoms with E-state index >= 15 is 0 Å². The summed E-state index contributed by atoms with van der Waals surface area (Å²) in [6, 6.07) is 0. The molecular formula is C11HF21O2. The van der Waals surface area contributed by atoms with Gasteiger partial charge in [0, 0.05) is 0 Å². The summed E-state index contributed by atoms with van der Waals surface area (Å²) in [6.45, 7) is 0. The van der Waals surface area contributed by atoms with E-state index in [0.717, 1.165) is 0 Å². The molecule has 0 aliphatic rings. The lowest BCUT2D eigenvalue weighted by Gasteiger charge is -2.44. The van der Waals surface area contributed by atoms with Crippen molar-refractivity contribution >= 4 is 5.97 Å². The van der Waals surface area contributed by atoms with Crippen LogP contribution in [0.25, 0.3) is 0 Å². The summed E-state index contributed by atoms with van der Waals surface area (Å²) in [5.74, 6) is -83.8. The highest BCUT2D eigenvalue weighted by Crippen LogP contribution is 2.66. The van der Waals surface area contributed by atoms with Crippen LogP contribution in [0.2, 0.25) is 0 Å². The fourth-order valence-corrected chi connectivity index (χ4v) is 1.69. The van der Waals surface area contributed by atoms with Crippen molar-refractivity contribution in [3.8, 4) is 0 Å². The highest BCUT2D eigenvalue weighted by molar-refractivity contribution is 5.77. The Bertz CT molecular complexity index is 789. The molecule has 0 aliphatic carbocycles. The molecular weight excluding hydrogens is 570 g/mol. The van der Waals surface area contributed by atoms with Crippen LogP contribution >= 0.6 is 0 Å². The van der Waals surface area contributed by atoms with Gasteiger partial charge in [0.25, 0.3) is 0 Å². The Morgan fingerprint density at radius 2 is 0.529 bits per heavy atom. The maximum Gasteiger partial charge on any atom is 0.460 e. The Morgan fingerprint density at radius 1 is 0.353 bits per heavy atom. The highest BCUT2D eigenvalue weighted by atomic mass is 19.5. The van der Waals surface area contributed by atoms with E-state index in [2.05, 4.69) is 0 Å². The Balaban J connectivity index is 7.11. The average Bonchev–Trinajstić information content (AvgIpc) is 2.58. The zero-order valence-corrected chi connectivity index (χ0v) is 14.3. The van der Waals surface area contributed by atoms with Crippen molar-refractivity contribution in [2.45, 2.75) is 59.5 Å². The number of aliphatic carboxylic acids is 1. The van der Waals surface area contributed by atoms with Gasteiger partial charge in [-0.15, -0.1) is 0 Å². The van der Waals surface area contributed by atoms with Crippen LogP contribution in [0.15, 0.2) is 0 Å². The van der Waals surface area contributed by atoms with Crippen molar-refractivity contribution in [3.63, 3.8) is 0 Å². The van der Waals surface area contributed by atoms with Gasteiger partial charge in [0.1, 0.15) is 0 Å². The number of halogens is 21. The molecule has 0 rings (SSSR count). The molecule has 0 unspecified atom stereocenters. The van der Waals surface area contributed by atoms with Crippen LogP contribution in [-0.4, -0.2) is 70.6 Å². The second-order valence-corrected chi connectivity index (χ2v) is 5.97. The quantitative estimate of drug-likeness (QED) is 0.259. The van der Waals surface area contributed by atoms with E-state index in [1.807, 2.05) is 0 Å². The van der Waals surface area contributed by atoms with Crippen molar-refractivity contribution in [1.29, 1.82) is 0 Å². The number of rotatable bonds is 9. The first-order valence-corrected chi connectivity index (χ1v) is 6.90. The molecule has 0 bridgehead atoms. The van der Waals surface area contributed by atoms with Crippen molar-refractivity contribution in [1.82, 2.24) is 0 Å². The fraction of sp³-hybridized carbons (Fsp3) is 0.909. The van der Waals surface area contributed by atoms with Crippen LogP contribution in [0.1, 0.15) is 0 Å². The van der Waals surface area contributed by atoms with Gasteiger partial charge in [-0.2, -0.15) is 92.2 Å². The summed E-state index contributed by atoms with van der Waals surface area (Å²) in [6.07, 6.45) is -8.05. The number of carbonyl (C=O) groups is 1. The number of alkyl halides is 21. The Morgan fingerprint density at radius 3 is 0.706 bits per heavy atom. The van der Waals surface area contributed by atoms with E-state index in [0.29, 0.717) is 0 Å². The molecule has 0 aromatic rings. The Hall–Kier alpha value is -2.00. The predicted octanol–water partition coefficient (Wildman–Crippen LogP) is 6.35. The Labute approximate surface area is 169 Å². The van der Waals surface area contributed by atoms with E-state index < -0.39 is 65.4 Å². The second-order valence-electron chi connectivity index (χ2n) is 5.97. The van der Waals surface area contributed by atoms with Crippen molar-refractivity contribution in [2.24, 2.45) is 0 Å². The smallest absolute Gasteiger partial charge is 0.460 e. The summed E-state index contributed by atoms with van der Waals surface area (Å²) in [5.41, 5.74) is 0. The molecule has 0 heterocycles. The van der Waals surface area contributed by atoms with E-state index in [1.165, 1.54) is 0 Å². The van der Waals surface area contributed by atoms with Gasteiger partial charge in [-0.3, -0.25) is 0 Å². The highest BCUT2D eigenvalue weighted by Gasteiger charge is 2.98. The lowest BCUT2D eigenvalue weighted by Crippen LogP contribution is -2.77. The third kappa shape index (κ3) is 3.49. The van der Waals surface area contributed by atoms with Gasteiger partial charge < -0.3 is 5.11 Å². The molecule has 1 N–H and O–H groups in total. The topological polar surface area (TPSA) is 37.3 Å². The van der Waals surface area contributed by atoms with E-state index in [4.69, 9.17) is 5.11 Å². The molecule has 0 spiro atoms. The maximum absolute atomic E-state index is 13.3. The molecule has 0 amide bonds. The minimum atomic E-state index is -9.28. The van der Waals surface area contributed by atoms with Gasteiger partial charge in [0.15, 0.2) is 0 Å². The van der Waals surface area contributed by atoms with Crippen LogP contribution in [0.4, 0.5) is 92.2 Å². The second kappa shape index (κ2) is 7.50. The van der Waals surface area contributed by atoms with Crippen molar-refractivity contribution in [3.05, 3.63) is 0 Å². The lowest BCUT2D eigenvalue weighted by atomic mass is 10.1. The van der Waals surface area contributed by atoms with Crippen LogP contribution in [-0.2, 0) is 4.79 Å². The first kappa shape index (κ1) is 32.0. The summed E-state index contributed by atoms with van der Waals surface area (Å²) < 4.78 is 270. The summed E-state index contributed by atoms with van der Waals surface area (Å²) in [4.78, 5) is 9.83. The van der Waals surface area contributed by atoms with E-state index in [1.54, 1.807) is 0 Å². The predicted molar refractivity (Wildman–Crippen MR) is 58.2 cm³/mol. The Kier molecular flexibility index (Phi) is 7.06. The molecule has 34 heavy (non-hydrogen) atoms. The third-order valence-corrected chi connectivity index (χ3v) is 3.78.